The molecule has 0 spiro atoms. The van der Waals surface area contributed by atoms with Gasteiger partial charge >= 0.3 is 0 Å². The quantitative estimate of drug-likeness (QED) is 0.662. The molecule has 0 saturated carbocycles. The first-order valence-corrected chi connectivity index (χ1v) is 5.05. The summed E-state index contributed by atoms with van der Waals surface area (Å²) in [5.41, 5.74) is 0.417. The average Bonchev–Trinajstić information content (AvgIpc) is 2.82. The van der Waals surface area contributed by atoms with Crippen molar-refractivity contribution >= 4 is 22.5 Å². The van der Waals surface area contributed by atoms with E-state index in [1.54, 1.807) is 18.2 Å². The summed E-state index contributed by atoms with van der Waals surface area (Å²) in [6.07, 6.45) is 0. The molecule has 8 heteroatoms. The van der Waals surface area contributed by atoms with Gasteiger partial charge in [0.15, 0.2) is 5.69 Å². The lowest BCUT2D eigenvalue weighted by Crippen LogP contribution is -2.10. The number of benzene rings is 1. The molecule has 84 valence electrons. The molecule has 3 aromatic rings. The molecule has 3 rings (SSSR count). The first-order valence-electron chi connectivity index (χ1n) is 4.67. The van der Waals surface area contributed by atoms with Crippen LogP contribution in [0.25, 0.3) is 22.4 Å². The molecule has 2 N–H and O–H groups in total. The molecule has 0 radical (unpaired) electrons. The number of H-pyrrole nitrogens is 2. The molecule has 2 heterocycles. The molecule has 0 aliphatic rings. The Hall–Kier alpha value is -2.28. The number of rotatable bonds is 1. The zero-order valence-electron chi connectivity index (χ0n) is 8.31. The Morgan fingerprint density at radius 1 is 1.24 bits per heavy atom. The highest BCUT2D eigenvalue weighted by Crippen LogP contribution is 2.15. The fraction of sp³-hybridized carbons (Fsp3) is 0. The lowest BCUT2D eigenvalue weighted by Gasteiger charge is -1.99. The molecule has 17 heavy (non-hydrogen) atoms. The third-order valence-corrected chi connectivity index (χ3v) is 2.52. The van der Waals surface area contributed by atoms with Crippen LogP contribution >= 0.6 is 11.6 Å². The Labute approximate surface area is 98.8 Å². The maximum atomic E-state index is 12.1. The predicted molar refractivity (Wildman–Crippen MR) is 60.5 cm³/mol. The third kappa shape index (κ3) is 1.56. The molecule has 0 saturated heterocycles. The van der Waals surface area contributed by atoms with E-state index in [0.717, 1.165) is 0 Å². The van der Waals surface area contributed by atoms with Crippen LogP contribution in [-0.2, 0) is 0 Å². The molecule has 0 bridgehead atoms. The number of halogens is 1. The number of hydrogen-bond donors (Lipinski definition) is 2. The second-order valence-corrected chi connectivity index (χ2v) is 3.76. The molecular weight excluding hydrogens is 244 g/mol. The van der Waals surface area contributed by atoms with Gasteiger partial charge in [-0.2, -0.15) is 10.3 Å². The SMILES string of the molecule is O=c1c(-c2nn[nH]n2)n[nH]c2cc(Cl)ccc12. The standard InChI is InChI=1S/C9H5ClN6O/c10-4-1-2-5-6(3-4)11-12-7(8(5)17)9-13-15-16-14-9/h1-3H,(H,11,17)(H,13,14,15,16). The van der Waals surface area contributed by atoms with E-state index < -0.39 is 0 Å². The van der Waals surface area contributed by atoms with Gasteiger partial charge in [-0.15, -0.1) is 10.2 Å². The minimum atomic E-state index is -0.267. The highest BCUT2D eigenvalue weighted by atomic mass is 35.5. The van der Waals surface area contributed by atoms with Crippen LogP contribution in [0.4, 0.5) is 0 Å². The smallest absolute Gasteiger partial charge is 0.228 e. The number of nitrogens with one attached hydrogen (secondary N) is 2. The first kappa shape index (κ1) is 9.91. The van der Waals surface area contributed by atoms with Crippen molar-refractivity contribution in [3.63, 3.8) is 0 Å². The third-order valence-electron chi connectivity index (χ3n) is 2.29. The summed E-state index contributed by atoms with van der Waals surface area (Å²) in [6.45, 7) is 0. The van der Waals surface area contributed by atoms with Crippen LogP contribution in [0.15, 0.2) is 23.0 Å². The number of aromatic nitrogens is 6. The van der Waals surface area contributed by atoms with Gasteiger partial charge in [0.25, 0.3) is 0 Å². The molecule has 2 aromatic heterocycles. The first-order chi connectivity index (χ1) is 8.25. The number of aromatic amines is 2. The maximum absolute atomic E-state index is 12.1. The van der Waals surface area contributed by atoms with Crippen LogP contribution in [0.2, 0.25) is 5.02 Å². The lowest BCUT2D eigenvalue weighted by atomic mass is 10.2. The van der Waals surface area contributed by atoms with Gasteiger partial charge in [0.2, 0.25) is 11.3 Å². The fourth-order valence-electron chi connectivity index (χ4n) is 1.52. The number of hydrogen-bond acceptors (Lipinski definition) is 5. The number of nitrogens with zero attached hydrogens (tertiary/aromatic N) is 4. The predicted octanol–water partition coefficient (Wildman–Crippen LogP) is 0.757. The monoisotopic (exact) mass is 248 g/mol. The van der Waals surface area contributed by atoms with Gasteiger partial charge in [-0.25, -0.2) is 0 Å². The summed E-state index contributed by atoms with van der Waals surface area (Å²) in [6, 6.07) is 4.90. The van der Waals surface area contributed by atoms with Gasteiger partial charge in [-0.3, -0.25) is 9.89 Å². The maximum Gasteiger partial charge on any atom is 0.228 e. The molecular formula is C9H5ClN6O. The second kappa shape index (κ2) is 3.63. The zero-order valence-corrected chi connectivity index (χ0v) is 9.06. The van der Waals surface area contributed by atoms with Crippen molar-refractivity contribution in [3.8, 4) is 11.5 Å². The molecule has 0 fully saturated rings. The number of fused-ring (bicyclic) bond motifs is 1. The van der Waals surface area contributed by atoms with Crippen LogP contribution in [0.3, 0.4) is 0 Å². The molecule has 0 aliphatic carbocycles. The largest absolute Gasteiger partial charge is 0.287 e. The van der Waals surface area contributed by atoms with Gasteiger partial charge in [-0.05, 0) is 23.4 Å². The van der Waals surface area contributed by atoms with E-state index in [1.165, 1.54) is 0 Å². The summed E-state index contributed by atoms with van der Waals surface area (Å²) in [4.78, 5) is 12.1. The Morgan fingerprint density at radius 2 is 2.12 bits per heavy atom. The summed E-state index contributed by atoms with van der Waals surface area (Å²) in [7, 11) is 0. The zero-order chi connectivity index (χ0) is 11.8. The fourth-order valence-corrected chi connectivity index (χ4v) is 1.69. The topological polar surface area (TPSA) is 100 Å². The molecule has 1 aromatic carbocycles. The summed E-state index contributed by atoms with van der Waals surface area (Å²) in [5, 5.41) is 20.7. The van der Waals surface area contributed by atoms with E-state index in [9.17, 15) is 4.79 Å². The van der Waals surface area contributed by atoms with Crippen LogP contribution in [0, 0.1) is 0 Å². The van der Waals surface area contributed by atoms with Crippen molar-refractivity contribution in [3.05, 3.63) is 33.4 Å². The van der Waals surface area contributed by atoms with Crippen molar-refractivity contribution in [2.75, 3.05) is 0 Å². The van der Waals surface area contributed by atoms with Gasteiger partial charge < -0.3 is 0 Å². The van der Waals surface area contributed by atoms with E-state index in [4.69, 9.17) is 11.6 Å². The van der Waals surface area contributed by atoms with Gasteiger partial charge in [0.1, 0.15) is 0 Å². The normalized spacial score (nSPS) is 10.9. The second-order valence-electron chi connectivity index (χ2n) is 3.33. The molecule has 0 unspecified atom stereocenters. The average molecular weight is 249 g/mol. The molecule has 0 amide bonds. The van der Waals surface area contributed by atoms with Crippen molar-refractivity contribution in [2.45, 2.75) is 0 Å². The van der Waals surface area contributed by atoms with E-state index in [-0.39, 0.29) is 16.9 Å². The van der Waals surface area contributed by atoms with E-state index >= 15 is 0 Å². The Kier molecular flexibility index (Phi) is 2.12. The van der Waals surface area contributed by atoms with Crippen molar-refractivity contribution in [1.82, 2.24) is 30.8 Å². The number of tetrazole rings is 1. The molecule has 0 aliphatic heterocycles. The molecule has 7 nitrogen and oxygen atoms in total. The highest BCUT2D eigenvalue weighted by Gasteiger charge is 2.12. The van der Waals surface area contributed by atoms with E-state index in [1.807, 2.05) is 0 Å². The Morgan fingerprint density at radius 3 is 2.88 bits per heavy atom. The van der Waals surface area contributed by atoms with E-state index in [2.05, 4.69) is 30.8 Å². The van der Waals surface area contributed by atoms with Crippen LogP contribution in [0.1, 0.15) is 0 Å². The highest BCUT2D eigenvalue weighted by molar-refractivity contribution is 6.31. The Balaban J connectivity index is 2.34. The Bertz CT molecular complexity index is 735. The summed E-state index contributed by atoms with van der Waals surface area (Å²) in [5.74, 6) is 0.156. The van der Waals surface area contributed by atoms with Crippen molar-refractivity contribution in [1.29, 1.82) is 0 Å². The van der Waals surface area contributed by atoms with E-state index in [0.29, 0.717) is 15.9 Å². The van der Waals surface area contributed by atoms with Gasteiger partial charge in [0, 0.05) is 10.4 Å². The van der Waals surface area contributed by atoms with Crippen molar-refractivity contribution in [2.24, 2.45) is 0 Å². The van der Waals surface area contributed by atoms with Crippen LogP contribution in [-0.4, -0.2) is 30.8 Å². The van der Waals surface area contributed by atoms with Crippen LogP contribution in [0.5, 0.6) is 0 Å². The van der Waals surface area contributed by atoms with Gasteiger partial charge in [0.05, 0.1) is 5.52 Å². The summed E-state index contributed by atoms with van der Waals surface area (Å²) < 4.78 is 0. The van der Waals surface area contributed by atoms with Gasteiger partial charge in [-0.1, -0.05) is 11.6 Å². The summed E-state index contributed by atoms with van der Waals surface area (Å²) >= 11 is 5.82. The van der Waals surface area contributed by atoms with Crippen LogP contribution < -0.4 is 5.43 Å². The minimum absolute atomic E-state index is 0.119. The molecule has 0 atom stereocenters. The lowest BCUT2D eigenvalue weighted by molar-refractivity contribution is 0.881. The van der Waals surface area contributed by atoms with Crippen molar-refractivity contribution < 1.29 is 0 Å². The minimum Gasteiger partial charge on any atom is -0.287 e.